The molecule has 0 aliphatic carbocycles. The van der Waals surface area contributed by atoms with Crippen molar-refractivity contribution in [3.63, 3.8) is 0 Å². The number of carbonyl (C=O) groups excluding carboxylic acids is 1. The zero-order chi connectivity index (χ0) is 18.5. The van der Waals surface area contributed by atoms with E-state index in [0.29, 0.717) is 11.3 Å². The molecule has 0 fully saturated rings. The zero-order valence-electron chi connectivity index (χ0n) is 15.0. The van der Waals surface area contributed by atoms with Crippen molar-refractivity contribution >= 4 is 17.5 Å². The van der Waals surface area contributed by atoms with Gasteiger partial charge >= 0.3 is 0 Å². The molecule has 0 N–H and O–H groups in total. The number of pyridine rings is 1. The lowest BCUT2D eigenvalue weighted by Crippen LogP contribution is -2.01. The minimum absolute atomic E-state index is 0.0376. The fraction of sp³-hybridized carbons (Fsp3) is 0.263. The first-order valence-corrected chi connectivity index (χ1v) is 9.26. The maximum atomic E-state index is 11.7. The highest BCUT2D eigenvalue weighted by Gasteiger charge is 2.15. The lowest BCUT2D eigenvalue weighted by atomic mass is 10.1. The maximum absolute atomic E-state index is 11.7. The summed E-state index contributed by atoms with van der Waals surface area (Å²) in [6.07, 6.45) is 3.49. The molecule has 1 aromatic carbocycles. The van der Waals surface area contributed by atoms with Crippen LogP contribution in [0.4, 0.5) is 0 Å². The first kappa shape index (κ1) is 18.1. The Balaban J connectivity index is 1.86. The minimum Gasteiger partial charge on any atom is -0.496 e. The van der Waals surface area contributed by atoms with Gasteiger partial charge in [-0.1, -0.05) is 11.8 Å². The van der Waals surface area contributed by atoms with Crippen molar-refractivity contribution < 1.29 is 9.53 Å². The number of Topliss-reactive ketones (excluding diaryl/α,β-unsaturated/α-hetero) is 1. The number of ketones is 1. The zero-order valence-corrected chi connectivity index (χ0v) is 15.8. The number of ether oxygens (including phenoxy) is 1. The predicted molar refractivity (Wildman–Crippen MR) is 101 cm³/mol. The van der Waals surface area contributed by atoms with Gasteiger partial charge in [0.15, 0.2) is 16.8 Å². The highest BCUT2D eigenvalue weighted by molar-refractivity contribution is 7.98. The number of thioether (sulfide) groups is 1. The molecule has 0 atom stereocenters. The molecule has 0 saturated carbocycles. The summed E-state index contributed by atoms with van der Waals surface area (Å²) in [4.78, 5) is 15.7. The molecule has 0 radical (unpaired) electrons. The fourth-order valence-corrected chi connectivity index (χ4v) is 3.63. The summed E-state index contributed by atoms with van der Waals surface area (Å²) in [5.74, 6) is 2.26. The van der Waals surface area contributed by atoms with Gasteiger partial charge in [0.1, 0.15) is 5.75 Å². The molecule has 7 heteroatoms. The Morgan fingerprint density at radius 1 is 1.19 bits per heavy atom. The smallest absolute Gasteiger partial charge is 0.191 e. The molecule has 134 valence electrons. The number of hydrogen-bond acceptors (Lipinski definition) is 6. The van der Waals surface area contributed by atoms with Gasteiger partial charge in [-0.2, -0.15) is 0 Å². The van der Waals surface area contributed by atoms with Crippen LogP contribution in [0, 0.1) is 0 Å². The van der Waals surface area contributed by atoms with E-state index in [1.807, 2.05) is 24.3 Å². The van der Waals surface area contributed by atoms with Crippen LogP contribution >= 0.6 is 11.8 Å². The monoisotopic (exact) mass is 368 g/mol. The quantitative estimate of drug-likeness (QED) is 0.466. The van der Waals surface area contributed by atoms with Crippen LogP contribution < -0.4 is 4.74 Å². The molecule has 0 unspecified atom stereocenters. The van der Waals surface area contributed by atoms with Crippen LogP contribution in [-0.2, 0) is 12.3 Å². The number of rotatable bonds is 7. The van der Waals surface area contributed by atoms with Crippen molar-refractivity contribution in [3.8, 4) is 17.1 Å². The third kappa shape index (κ3) is 3.77. The van der Waals surface area contributed by atoms with E-state index in [9.17, 15) is 4.79 Å². The van der Waals surface area contributed by atoms with Crippen LogP contribution in [-0.4, -0.2) is 32.6 Å². The summed E-state index contributed by atoms with van der Waals surface area (Å²) in [7, 11) is 1.63. The first-order valence-electron chi connectivity index (χ1n) is 8.28. The summed E-state index contributed by atoms with van der Waals surface area (Å²) in [6.45, 7) is 4.39. The summed E-state index contributed by atoms with van der Waals surface area (Å²) in [5, 5.41) is 9.50. The summed E-state index contributed by atoms with van der Waals surface area (Å²) in [5.41, 5.74) is 2.62. The summed E-state index contributed by atoms with van der Waals surface area (Å²) < 4.78 is 7.50. The second kappa shape index (κ2) is 8.14. The summed E-state index contributed by atoms with van der Waals surface area (Å²) >= 11 is 1.57. The van der Waals surface area contributed by atoms with E-state index in [4.69, 9.17) is 4.74 Å². The molecule has 0 aliphatic heterocycles. The third-order valence-corrected chi connectivity index (χ3v) is 5.03. The van der Waals surface area contributed by atoms with Crippen molar-refractivity contribution in [3.05, 3.63) is 53.9 Å². The normalized spacial score (nSPS) is 10.7. The van der Waals surface area contributed by atoms with E-state index < -0.39 is 0 Å². The van der Waals surface area contributed by atoms with Crippen molar-refractivity contribution in [2.24, 2.45) is 0 Å². The van der Waals surface area contributed by atoms with E-state index in [1.165, 1.54) is 0 Å². The maximum Gasteiger partial charge on any atom is 0.191 e. The Bertz CT molecular complexity index is 909. The Hall–Kier alpha value is -2.67. The predicted octanol–water partition coefficient (Wildman–Crippen LogP) is 3.86. The van der Waals surface area contributed by atoms with Gasteiger partial charge in [0.2, 0.25) is 0 Å². The van der Waals surface area contributed by atoms with Gasteiger partial charge in [-0.05, 0) is 44.2 Å². The van der Waals surface area contributed by atoms with Crippen LogP contribution in [0.3, 0.4) is 0 Å². The molecule has 0 bridgehead atoms. The van der Waals surface area contributed by atoms with E-state index in [0.717, 1.165) is 34.4 Å². The molecule has 2 heterocycles. The van der Waals surface area contributed by atoms with E-state index in [2.05, 4.69) is 26.7 Å². The number of aromatic nitrogens is 4. The van der Waals surface area contributed by atoms with Crippen LogP contribution in [0.15, 0.2) is 47.9 Å². The topological polar surface area (TPSA) is 69.9 Å². The van der Waals surface area contributed by atoms with Crippen LogP contribution in [0.5, 0.6) is 5.75 Å². The number of nitrogens with zero attached hydrogens (tertiary/aromatic N) is 4. The molecule has 0 aliphatic rings. The number of carbonyl (C=O) groups is 1. The van der Waals surface area contributed by atoms with E-state index >= 15 is 0 Å². The molecule has 26 heavy (non-hydrogen) atoms. The highest BCUT2D eigenvalue weighted by atomic mass is 32.2. The van der Waals surface area contributed by atoms with E-state index in [1.54, 1.807) is 44.3 Å². The number of methoxy groups -OCH3 is 1. The standard InChI is InChI=1S/C19H20N4O2S/c1-4-23-18(14-7-9-20-10-8-14)21-22-19(23)26-12-16-11-15(13(2)24)5-6-17(16)25-3/h5-11H,4,12H2,1-3H3. The molecule has 0 spiro atoms. The van der Waals surface area contributed by atoms with Gasteiger partial charge in [-0.15, -0.1) is 10.2 Å². The molecule has 0 saturated heterocycles. The third-order valence-electron chi connectivity index (χ3n) is 4.02. The second-order valence-corrected chi connectivity index (χ2v) is 6.60. The molecule has 3 rings (SSSR count). The van der Waals surface area contributed by atoms with Gasteiger partial charge in [0.25, 0.3) is 0 Å². The molecular weight excluding hydrogens is 348 g/mol. The largest absolute Gasteiger partial charge is 0.496 e. The Kier molecular flexibility index (Phi) is 5.68. The van der Waals surface area contributed by atoms with Crippen molar-refractivity contribution in [2.75, 3.05) is 7.11 Å². The SMILES string of the molecule is CCn1c(SCc2cc(C(C)=O)ccc2OC)nnc1-c1ccncc1. The van der Waals surface area contributed by atoms with Gasteiger partial charge in [0, 0.05) is 41.4 Å². The lowest BCUT2D eigenvalue weighted by Gasteiger charge is -2.10. The van der Waals surface area contributed by atoms with Crippen LogP contribution in [0.25, 0.3) is 11.4 Å². The van der Waals surface area contributed by atoms with Crippen molar-refractivity contribution in [1.82, 2.24) is 19.7 Å². The lowest BCUT2D eigenvalue weighted by molar-refractivity contribution is 0.101. The van der Waals surface area contributed by atoms with Crippen LogP contribution in [0.2, 0.25) is 0 Å². The highest BCUT2D eigenvalue weighted by Crippen LogP contribution is 2.30. The van der Waals surface area contributed by atoms with Crippen molar-refractivity contribution in [2.45, 2.75) is 31.3 Å². The first-order chi connectivity index (χ1) is 12.6. The van der Waals surface area contributed by atoms with Crippen LogP contribution in [0.1, 0.15) is 29.8 Å². The van der Waals surface area contributed by atoms with E-state index in [-0.39, 0.29) is 5.78 Å². The molecule has 6 nitrogen and oxygen atoms in total. The second-order valence-electron chi connectivity index (χ2n) is 5.66. The minimum atomic E-state index is 0.0376. The average Bonchev–Trinajstić information content (AvgIpc) is 3.09. The fourth-order valence-electron chi connectivity index (χ4n) is 2.65. The summed E-state index contributed by atoms with van der Waals surface area (Å²) in [6, 6.07) is 9.34. The Morgan fingerprint density at radius 3 is 2.62 bits per heavy atom. The molecule has 2 aromatic heterocycles. The van der Waals surface area contributed by atoms with Gasteiger partial charge in [-0.3, -0.25) is 9.78 Å². The average molecular weight is 368 g/mol. The number of benzene rings is 1. The molecule has 0 amide bonds. The number of hydrogen-bond donors (Lipinski definition) is 0. The Labute approximate surface area is 156 Å². The van der Waals surface area contributed by atoms with Gasteiger partial charge in [-0.25, -0.2) is 0 Å². The van der Waals surface area contributed by atoms with Gasteiger partial charge in [0.05, 0.1) is 7.11 Å². The van der Waals surface area contributed by atoms with Crippen molar-refractivity contribution in [1.29, 1.82) is 0 Å². The van der Waals surface area contributed by atoms with Gasteiger partial charge < -0.3 is 9.30 Å². The Morgan fingerprint density at radius 2 is 1.96 bits per heavy atom. The molecule has 3 aromatic rings. The molecular formula is C19H20N4O2S.